The summed E-state index contributed by atoms with van der Waals surface area (Å²) in [7, 11) is 0. The second-order valence-corrected chi connectivity index (χ2v) is 3.72. The molecule has 2 rings (SSSR count). The van der Waals surface area contributed by atoms with Gasteiger partial charge in [0.15, 0.2) is 0 Å². The predicted molar refractivity (Wildman–Crippen MR) is 73.2 cm³/mol. The molecule has 0 aliphatic carbocycles. The third kappa shape index (κ3) is 1.61. The summed E-state index contributed by atoms with van der Waals surface area (Å²) in [5.74, 6) is 0. The number of hydrogen-bond acceptors (Lipinski definition) is 1. The molecule has 2 aromatic rings. The van der Waals surface area contributed by atoms with Crippen LogP contribution < -0.4 is 5.73 Å². The van der Waals surface area contributed by atoms with Gasteiger partial charge in [-0.25, -0.2) is 0 Å². The third-order valence-corrected chi connectivity index (χ3v) is 2.70. The smallest absolute Gasteiger partial charge is 0.0400 e. The highest BCUT2D eigenvalue weighted by Crippen LogP contribution is 2.29. The van der Waals surface area contributed by atoms with Gasteiger partial charge in [0.25, 0.3) is 0 Å². The van der Waals surface area contributed by atoms with Crippen molar-refractivity contribution < 1.29 is 0 Å². The molecule has 80 valence electrons. The highest BCUT2D eigenvalue weighted by atomic mass is 14.6. The van der Waals surface area contributed by atoms with Crippen LogP contribution in [-0.2, 0) is 0 Å². The molecule has 16 heavy (non-hydrogen) atoms. The number of fused-ring (bicyclic) bond motifs is 1. The van der Waals surface area contributed by atoms with Crippen molar-refractivity contribution in [2.45, 2.75) is 6.92 Å². The van der Waals surface area contributed by atoms with E-state index in [2.05, 4.69) is 18.7 Å². The SMILES string of the molecule is C=Cc1c(/C=C\C)c(N)cc2ccccc12. The first-order valence-electron chi connectivity index (χ1n) is 5.34. The summed E-state index contributed by atoms with van der Waals surface area (Å²) < 4.78 is 0. The first-order chi connectivity index (χ1) is 7.77. The Morgan fingerprint density at radius 2 is 1.94 bits per heavy atom. The second kappa shape index (κ2) is 4.23. The van der Waals surface area contributed by atoms with Gasteiger partial charge in [0.1, 0.15) is 0 Å². The first-order valence-corrected chi connectivity index (χ1v) is 5.34. The average molecular weight is 209 g/mol. The third-order valence-electron chi connectivity index (χ3n) is 2.70. The minimum absolute atomic E-state index is 0.798. The molecule has 0 heterocycles. The van der Waals surface area contributed by atoms with Crippen molar-refractivity contribution in [1.29, 1.82) is 0 Å². The number of nitrogens with two attached hydrogens (primary N) is 1. The summed E-state index contributed by atoms with van der Waals surface area (Å²) in [6, 6.07) is 10.2. The van der Waals surface area contributed by atoms with E-state index in [4.69, 9.17) is 5.73 Å². The molecule has 1 heteroatoms. The summed E-state index contributed by atoms with van der Waals surface area (Å²) >= 11 is 0. The van der Waals surface area contributed by atoms with Crippen molar-refractivity contribution in [3.8, 4) is 0 Å². The maximum Gasteiger partial charge on any atom is 0.0400 e. The van der Waals surface area contributed by atoms with Crippen molar-refractivity contribution >= 4 is 28.6 Å². The predicted octanol–water partition coefficient (Wildman–Crippen LogP) is 4.10. The largest absolute Gasteiger partial charge is 0.398 e. The second-order valence-electron chi connectivity index (χ2n) is 3.72. The zero-order valence-electron chi connectivity index (χ0n) is 9.40. The van der Waals surface area contributed by atoms with Crippen LogP contribution in [0.2, 0.25) is 0 Å². The van der Waals surface area contributed by atoms with Gasteiger partial charge >= 0.3 is 0 Å². The lowest BCUT2D eigenvalue weighted by Gasteiger charge is -2.10. The molecule has 0 amide bonds. The van der Waals surface area contributed by atoms with Gasteiger partial charge in [-0.05, 0) is 29.3 Å². The van der Waals surface area contributed by atoms with E-state index in [-0.39, 0.29) is 0 Å². The fourth-order valence-electron chi connectivity index (χ4n) is 1.99. The number of hydrogen-bond donors (Lipinski definition) is 1. The Morgan fingerprint density at radius 3 is 2.62 bits per heavy atom. The van der Waals surface area contributed by atoms with Gasteiger partial charge in [0.2, 0.25) is 0 Å². The Labute approximate surface area is 95.9 Å². The van der Waals surface area contributed by atoms with Gasteiger partial charge in [-0.2, -0.15) is 0 Å². The minimum Gasteiger partial charge on any atom is -0.398 e. The molecule has 0 aliphatic rings. The van der Waals surface area contributed by atoms with E-state index in [1.54, 1.807) is 0 Å². The fourth-order valence-corrected chi connectivity index (χ4v) is 1.99. The van der Waals surface area contributed by atoms with Crippen LogP contribution in [0.15, 0.2) is 43.0 Å². The lowest BCUT2D eigenvalue weighted by atomic mass is 9.97. The van der Waals surface area contributed by atoms with Crippen molar-refractivity contribution in [2.24, 2.45) is 0 Å². The van der Waals surface area contributed by atoms with E-state index in [9.17, 15) is 0 Å². The van der Waals surface area contributed by atoms with E-state index in [0.29, 0.717) is 0 Å². The van der Waals surface area contributed by atoms with E-state index >= 15 is 0 Å². The lowest BCUT2D eigenvalue weighted by Crippen LogP contribution is -1.93. The van der Waals surface area contributed by atoms with Gasteiger partial charge in [0, 0.05) is 11.3 Å². The van der Waals surface area contributed by atoms with Crippen LogP contribution in [-0.4, -0.2) is 0 Å². The molecule has 0 bridgehead atoms. The molecule has 0 saturated heterocycles. The van der Waals surface area contributed by atoms with Gasteiger partial charge < -0.3 is 5.73 Å². The van der Waals surface area contributed by atoms with Crippen LogP contribution in [0.4, 0.5) is 5.69 Å². The molecular weight excluding hydrogens is 194 g/mol. The van der Waals surface area contributed by atoms with Crippen molar-refractivity contribution in [1.82, 2.24) is 0 Å². The van der Waals surface area contributed by atoms with Gasteiger partial charge in [-0.15, -0.1) is 0 Å². The molecule has 1 nitrogen and oxygen atoms in total. The number of anilines is 1. The normalized spacial score (nSPS) is 11.1. The minimum atomic E-state index is 0.798. The fraction of sp³-hybridized carbons (Fsp3) is 0.0667. The molecule has 0 saturated carbocycles. The summed E-state index contributed by atoms with van der Waals surface area (Å²) in [6.07, 6.45) is 5.89. The Morgan fingerprint density at radius 1 is 1.19 bits per heavy atom. The highest BCUT2D eigenvalue weighted by Gasteiger charge is 2.06. The van der Waals surface area contributed by atoms with Crippen LogP contribution in [0.25, 0.3) is 22.9 Å². The Bertz CT molecular complexity index is 565. The zero-order valence-corrected chi connectivity index (χ0v) is 9.40. The van der Waals surface area contributed by atoms with Crippen LogP contribution >= 0.6 is 0 Å². The molecule has 2 aromatic carbocycles. The standard InChI is InChI=1S/C15H15N/c1-3-7-14-12(4-2)13-9-6-5-8-11(13)10-15(14)16/h3-10H,2,16H2,1H3/b7-3-. The number of rotatable bonds is 2. The quantitative estimate of drug-likeness (QED) is 0.740. The Kier molecular flexibility index (Phi) is 2.78. The number of benzene rings is 2. The van der Waals surface area contributed by atoms with Crippen LogP contribution in [0.3, 0.4) is 0 Å². The Hall–Kier alpha value is -2.02. The molecule has 0 radical (unpaired) electrons. The number of allylic oxidation sites excluding steroid dienone is 1. The van der Waals surface area contributed by atoms with Crippen molar-refractivity contribution in [2.75, 3.05) is 5.73 Å². The van der Waals surface area contributed by atoms with E-state index in [1.165, 1.54) is 5.39 Å². The molecule has 0 fully saturated rings. The van der Waals surface area contributed by atoms with Crippen LogP contribution in [0, 0.1) is 0 Å². The Balaban J connectivity index is 2.90. The van der Waals surface area contributed by atoms with Gasteiger partial charge in [0.05, 0.1) is 0 Å². The average Bonchev–Trinajstić information content (AvgIpc) is 2.30. The summed E-state index contributed by atoms with van der Waals surface area (Å²) in [5, 5.41) is 2.35. The first kappa shape index (κ1) is 10.5. The zero-order chi connectivity index (χ0) is 11.5. The van der Waals surface area contributed by atoms with Gasteiger partial charge in [-0.1, -0.05) is 49.1 Å². The molecule has 0 spiro atoms. The topological polar surface area (TPSA) is 26.0 Å². The highest BCUT2D eigenvalue weighted by molar-refractivity contribution is 5.97. The molecule has 0 unspecified atom stereocenters. The maximum atomic E-state index is 6.05. The monoisotopic (exact) mass is 209 g/mol. The van der Waals surface area contributed by atoms with Crippen LogP contribution in [0.5, 0.6) is 0 Å². The van der Waals surface area contributed by atoms with Crippen LogP contribution in [0.1, 0.15) is 18.1 Å². The summed E-state index contributed by atoms with van der Waals surface area (Å²) in [4.78, 5) is 0. The summed E-state index contributed by atoms with van der Waals surface area (Å²) in [6.45, 7) is 5.86. The van der Waals surface area contributed by atoms with Crippen molar-refractivity contribution in [3.63, 3.8) is 0 Å². The maximum absolute atomic E-state index is 6.05. The van der Waals surface area contributed by atoms with Crippen molar-refractivity contribution in [3.05, 3.63) is 54.1 Å². The van der Waals surface area contributed by atoms with E-state index in [1.807, 2.05) is 43.4 Å². The molecule has 0 atom stereocenters. The molecular formula is C15H15N. The molecule has 0 aliphatic heterocycles. The molecule has 0 aromatic heterocycles. The summed E-state index contributed by atoms with van der Waals surface area (Å²) in [5.41, 5.74) is 9.01. The molecule has 2 N–H and O–H groups in total. The van der Waals surface area contributed by atoms with Gasteiger partial charge in [-0.3, -0.25) is 0 Å². The van der Waals surface area contributed by atoms with E-state index in [0.717, 1.165) is 22.2 Å². The lowest BCUT2D eigenvalue weighted by molar-refractivity contribution is 1.64. The number of nitrogen functional groups attached to an aromatic ring is 1. The van der Waals surface area contributed by atoms with E-state index < -0.39 is 0 Å².